The van der Waals surface area contributed by atoms with Crippen molar-refractivity contribution in [1.29, 1.82) is 0 Å². The second-order valence-corrected chi connectivity index (χ2v) is 7.69. The van der Waals surface area contributed by atoms with Crippen LogP contribution in [0.1, 0.15) is 45.4 Å². The minimum Gasteiger partial charge on any atom is -1.00 e. The number of aromatic nitrogens is 3. The van der Waals surface area contributed by atoms with Crippen LogP contribution in [0.2, 0.25) is 0 Å². The first-order valence-corrected chi connectivity index (χ1v) is 10.8. The summed E-state index contributed by atoms with van der Waals surface area (Å²) in [6.45, 7) is 8.77. The summed E-state index contributed by atoms with van der Waals surface area (Å²) in [5.74, 6) is 1.34. The molecule has 0 amide bonds. The Morgan fingerprint density at radius 2 is 1.57 bits per heavy atom. The molecule has 30 heavy (non-hydrogen) atoms. The van der Waals surface area contributed by atoms with E-state index in [4.69, 9.17) is 13.0 Å². The standard InChI is InChI=1S/C11H21N2.C7H10N.CHF3O3S.BrH/c1-4-5-6-7-8-13-10-9-12(3)11(13)2;1-2-8-6-4-3-5-7-8;2-1(3,4)8(5,6)7;/h9-10H,4-8H2,1-3H3;3-7H,2H2,1H3;(H,5,6,7);1H/q2*+1;;/p-2. The first-order chi connectivity index (χ1) is 13.4. The SMILES string of the molecule is CCCCCCn1cc[n+](C)c1C.CC[n+]1ccccc1.O=S(=O)([O-])C(F)(F)F.[Br-]. The van der Waals surface area contributed by atoms with Crippen LogP contribution in [0.5, 0.6) is 0 Å². The lowest BCUT2D eigenvalue weighted by molar-refractivity contribution is -0.693. The monoisotopic (exact) mass is 517 g/mol. The molecule has 0 aliphatic rings. The predicted molar refractivity (Wildman–Crippen MR) is 103 cm³/mol. The van der Waals surface area contributed by atoms with Gasteiger partial charge in [0.05, 0.1) is 13.6 Å². The Balaban J connectivity index is 0. The number of hydrogen-bond donors (Lipinski definition) is 0. The molecule has 0 bridgehead atoms. The summed E-state index contributed by atoms with van der Waals surface area (Å²) in [5, 5.41) is 0. The minimum atomic E-state index is -6.09. The summed E-state index contributed by atoms with van der Waals surface area (Å²) in [7, 11) is -4.00. The predicted octanol–water partition coefficient (Wildman–Crippen LogP) is 0.251. The normalized spacial score (nSPS) is 10.8. The number of pyridine rings is 1. The van der Waals surface area contributed by atoms with Gasteiger partial charge in [0.15, 0.2) is 22.5 Å². The maximum atomic E-state index is 10.7. The van der Waals surface area contributed by atoms with Crippen LogP contribution in [0.3, 0.4) is 0 Å². The smallest absolute Gasteiger partial charge is 0.485 e. The average Bonchev–Trinajstić information content (AvgIpc) is 2.97. The zero-order chi connectivity index (χ0) is 22.5. The summed E-state index contributed by atoms with van der Waals surface area (Å²) >= 11 is 0. The minimum absolute atomic E-state index is 0. The van der Waals surface area contributed by atoms with Gasteiger partial charge in [0.1, 0.15) is 18.9 Å². The second-order valence-electron chi connectivity index (χ2n) is 6.32. The van der Waals surface area contributed by atoms with E-state index in [1.807, 2.05) is 18.2 Å². The zero-order valence-electron chi connectivity index (χ0n) is 17.8. The van der Waals surface area contributed by atoms with E-state index in [-0.39, 0.29) is 17.0 Å². The molecule has 0 spiro atoms. The quantitative estimate of drug-likeness (QED) is 0.238. The maximum absolute atomic E-state index is 10.7. The van der Waals surface area contributed by atoms with E-state index < -0.39 is 15.6 Å². The van der Waals surface area contributed by atoms with Gasteiger partial charge in [-0.05, 0) is 19.8 Å². The van der Waals surface area contributed by atoms with E-state index in [9.17, 15) is 13.2 Å². The number of nitrogens with zero attached hydrogens (tertiary/aromatic N) is 3. The van der Waals surface area contributed by atoms with Gasteiger partial charge in [0, 0.05) is 19.1 Å². The topological polar surface area (TPSA) is 69.9 Å². The van der Waals surface area contributed by atoms with Crippen LogP contribution < -0.4 is 26.1 Å². The molecule has 2 heterocycles. The molecule has 0 saturated carbocycles. The summed E-state index contributed by atoms with van der Waals surface area (Å²) in [5.41, 5.74) is -5.65. The van der Waals surface area contributed by atoms with Crippen LogP contribution in [0.25, 0.3) is 0 Å². The van der Waals surface area contributed by atoms with Crippen molar-refractivity contribution in [2.24, 2.45) is 7.05 Å². The summed E-state index contributed by atoms with van der Waals surface area (Å²) in [6.07, 6.45) is 13.8. The van der Waals surface area contributed by atoms with Crippen LogP contribution >= 0.6 is 0 Å². The van der Waals surface area contributed by atoms with E-state index in [2.05, 4.69) is 66.3 Å². The Bertz CT molecular complexity index is 798. The van der Waals surface area contributed by atoms with Crippen LogP contribution in [0.4, 0.5) is 13.2 Å². The fraction of sp³-hybridized carbons (Fsp3) is 0.579. The van der Waals surface area contributed by atoms with Gasteiger partial charge in [-0.15, -0.1) is 0 Å². The Morgan fingerprint density at radius 1 is 1.03 bits per heavy atom. The highest BCUT2D eigenvalue weighted by molar-refractivity contribution is 7.86. The fourth-order valence-corrected chi connectivity index (χ4v) is 2.19. The van der Waals surface area contributed by atoms with Crippen molar-refractivity contribution in [3.63, 3.8) is 0 Å². The third kappa shape index (κ3) is 13.0. The molecular formula is C19H31BrF3N3O3S. The van der Waals surface area contributed by atoms with Gasteiger partial charge < -0.3 is 21.5 Å². The molecule has 0 atom stereocenters. The first-order valence-electron chi connectivity index (χ1n) is 9.41. The van der Waals surface area contributed by atoms with E-state index in [1.165, 1.54) is 38.1 Å². The molecule has 0 aliphatic heterocycles. The lowest BCUT2D eigenvalue weighted by Crippen LogP contribution is -3.00. The number of unbranched alkanes of at least 4 members (excludes halogenated alkanes) is 3. The number of rotatable bonds is 6. The molecule has 0 radical (unpaired) electrons. The van der Waals surface area contributed by atoms with Crippen molar-refractivity contribution in [3.05, 3.63) is 48.8 Å². The number of imidazole rings is 1. The molecule has 0 aliphatic carbocycles. The molecule has 0 unspecified atom stereocenters. The van der Waals surface area contributed by atoms with Crippen molar-refractivity contribution < 1.29 is 52.3 Å². The molecular weight excluding hydrogens is 487 g/mol. The molecule has 174 valence electrons. The highest BCUT2D eigenvalue weighted by atomic mass is 79.9. The first kappa shape index (κ1) is 30.7. The Morgan fingerprint density at radius 3 is 1.90 bits per heavy atom. The fourth-order valence-electron chi connectivity index (χ4n) is 2.19. The average molecular weight is 518 g/mol. The molecule has 0 aromatic carbocycles. The van der Waals surface area contributed by atoms with Crippen LogP contribution in [-0.2, 0) is 30.3 Å². The lowest BCUT2D eigenvalue weighted by Gasteiger charge is -2.08. The van der Waals surface area contributed by atoms with Gasteiger partial charge in [-0.3, -0.25) is 0 Å². The van der Waals surface area contributed by atoms with Gasteiger partial charge in [0.25, 0.3) is 5.82 Å². The van der Waals surface area contributed by atoms with Crippen LogP contribution in [0.15, 0.2) is 43.0 Å². The molecule has 6 nitrogen and oxygen atoms in total. The largest absolute Gasteiger partial charge is 1.00 e. The maximum Gasteiger partial charge on any atom is 0.485 e. The van der Waals surface area contributed by atoms with E-state index in [0.29, 0.717) is 0 Å². The van der Waals surface area contributed by atoms with Gasteiger partial charge in [0.2, 0.25) is 0 Å². The molecule has 2 aromatic heterocycles. The highest BCUT2D eigenvalue weighted by Gasteiger charge is 2.36. The number of halogens is 4. The molecule has 0 N–H and O–H groups in total. The molecule has 2 aromatic rings. The number of hydrogen-bond acceptors (Lipinski definition) is 3. The zero-order valence-corrected chi connectivity index (χ0v) is 20.2. The van der Waals surface area contributed by atoms with Crippen LogP contribution in [0, 0.1) is 6.92 Å². The second kappa shape index (κ2) is 15.4. The van der Waals surface area contributed by atoms with Gasteiger partial charge in [-0.1, -0.05) is 25.8 Å². The van der Waals surface area contributed by atoms with Gasteiger partial charge in [-0.25, -0.2) is 22.1 Å². The molecule has 11 heteroatoms. The van der Waals surface area contributed by atoms with E-state index in [0.717, 1.165) is 6.54 Å². The molecule has 0 fully saturated rings. The third-order valence-electron chi connectivity index (χ3n) is 4.07. The summed E-state index contributed by atoms with van der Waals surface area (Å²) in [4.78, 5) is 0. The van der Waals surface area contributed by atoms with Crippen molar-refractivity contribution in [1.82, 2.24) is 4.57 Å². The van der Waals surface area contributed by atoms with E-state index in [1.54, 1.807) is 0 Å². The Kier molecular flexibility index (Phi) is 15.7. The number of aryl methyl sites for hydroxylation is 3. The van der Waals surface area contributed by atoms with Crippen molar-refractivity contribution in [3.8, 4) is 0 Å². The van der Waals surface area contributed by atoms with Gasteiger partial charge >= 0.3 is 5.51 Å². The van der Waals surface area contributed by atoms with Crippen molar-refractivity contribution in [2.45, 2.75) is 65.1 Å². The van der Waals surface area contributed by atoms with Crippen molar-refractivity contribution >= 4 is 10.1 Å². The highest BCUT2D eigenvalue weighted by Crippen LogP contribution is 2.20. The Labute approximate surface area is 187 Å². The lowest BCUT2D eigenvalue weighted by atomic mass is 10.2. The van der Waals surface area contributed by atoms with E-state index >= 15 is 0 Å². The Hall–Kier alpha value is -1.46. The summed E-state index contributed by atoms with van der Waals surface area (Å²) in [6, 6.07) is 6.08. The summed E-state index contributed by atoms with van der Waals surface area (Å²) < 4.78 is 65.5. The van der Waals surface area contributed by atoms with Gasteiger partial charge in [-0.2, -0.15) is 13.2 Å². The van der Waals surface area contributed by atoms with Crippen LogP contribution in [-0.4, -0.2) is 23.0 Å². The number of alkyl halides is 3. The third-order valence-corrected chi connectivity index (χ3v) is 4.64. The van der Waals surface area contributed by atoms with Crippen molar-refractivity contribution in [2.75, 3.05) is 0 Å². The molecule has 0 saturated heterocycles. The molecule has 2 rings (SSSR count).